The zero-order valence-electron chi connectivity index (χ0n) is 20.7. The van der Waals surface area contributed by atoms with E-state index in [9.17, 15) is 9.59 Å². The van der Waals surface area contributed by atoms with Crippen molar-refractivity contribution in [2.45, 2.75) is 25.0 Å². The third kappa shape index (κ3) is 5.45. The van der Waals surface area contributed by atoms with Gasteiger partial charge in [-0.1, -0.05) is 29.3 Å². The average Bonchev–Trinajstić information content (AvgIpc) is 3.24. The number of hydrogen-bond donors (Lipinski definition) is 2. The molecule has 1 aliphatic carbocycles. The average molecular weight is 548 g/mol. The van der Waals surface area contributed by atoms with Crippen LogP contribution in [-0.4, -0.2) is 67.3 Å². The smallest absolute Gasteiger partial charge is 0.404 e. The highest BCUT2D eigenvalue weighted by atomic mass is 35.5. The number of benzene rings is 2. The van der Waals surface area contributed by atoms with Crippen LogP contribution in [0.2, 0.25) is 10.0 Å². The Bertz CT molecular complexity index is 1320. The second-order valence-corrected chi connectivity index (χ2v) is 9.63. The van der Waals surface area contributed by atoms with Crippen LogP contribution >= 0.6 is 23.2 Å². The fourth-order valence-electron chi connectivity index (χ4n) is 4.56. The number of carbonyl (C=O) groups excluding carboxylic acids is 2. The van der Waals surface area contributed by atoms with E-state index in [0.29, 0.717) is 51.4 Å². The SMILES string of the molecule is COc1cc(OC)c(Cl)c(-c2ccc3nc(N[C@@H]4C[C@H](C(=O)N(C)C)C[C@@H]4OC(N)=O)ncc3c2)c1Cl. The Morgan fingerprint density at radius 2 is 1.76 bits per heavy atom. The molecule has 196 valence electrons. The van der Waals surface area contributed by atoms with Crippen molar-refractivity contribution in [2.75, 3.05) is 33.6 Å². The lowest BCUT2D eigenvalue weighted by Crippen LogP contribution is -2.34. The molecule has 4 rings (SSSR count). The first-order valence-electron chi connectivity index (χ1n) is 11.4. The summed E-state index contributed by atoms with van der Waals surface area (Å²) in [6.45, 7) is 0. The van der Waals surface area contributed by atoms with Crippen molar-refractivity contribution in [1.82, 2.24) is 14.9 Å². The van der Waals surface area contributed by atoms with Crippen molar-refractivity contribution in [3.63, 3.8) is 0 Å². The number of aromatic nitrogens is 2. The summed E-state index contributed by atoms with van der Waals surface area (Å²) in [6.07, 6.45) is 0.993. The predicted octanol–water partition coefficient (Wildman–Crippen LogP) is 4.36. The van der Waals surface area contributed by atoms with Gasteiger partial charge in [-0.2, -0.15) is 0 Å². The Hall–Kier alpha value is -3.50. The molecule has 1 saturated carbocycles. The maximum Gasteiger partial charge on any atom is 0.404 e. The van der Waals surface area contributed by atoms with Gasteiger partial charge >= 0.3 is 6.09 Å². The summed E-state index contributed by atoms with van der Waals surface area (Å²) in [7, 11) is 6.41. The number of anilines is 1. The van der Waals surface area contributed by atoms with Gasteiger partial charge < -0.3 is 30.2 Å². The minimum Gasteiger partial charge on any atom is -0.495 e. The Morgan fingerprint density at radius 1 is 1.08 bits per heavy atom. The summed E-state index contributed by atoms with van der Waals surface area (Å²) in [5, 5.41) is 4.66. The Labute approximate surface area is 224 Å². The van der Waals surface area contributed by atoms with Gasteiger partial charge in [-0.25, -0.2) is 14.8 Å². The number of hydrogen-bond acceptors (Lipinski definition) is 8. The standard InChI is InChI=1S/C25H27Cl2N5O5/c1-32(2)23(33)13-8-16(17(9-13)37-24(28)34)31-25-29-11-14-7-12(5-6-15(14)30-25)20-21(26)18(35-3)10-19(36-4)22(20)27/h5-7,10-11,13,16-17H,8-9H2,1-4H3,(H2,28,34)(H,29,30,31)/t13-,16+,17-/m0/s1. The number of ether oxygens (including phenoxy) is 3. The lowest BCUT2D eigenvalue weighted by Gasteiger charge is -2.20. The second-order valence-electron chi connectivity index (χ2n) is 8.88. The molecule has 1 aromatic heterocycles. The molecule has 2 aromatic carbocycles. The number of halogens is 2. The van der Waals surface area contributed by atoms with E-state index in [1.165, 1.54) is 19.1 Å². The highest BCUT2D eigenvalue weighted by molar-refractivity contribution is 6.41. The fraction of sp³-hybridized carbons (Fsp3) is 0.360. The summed E-state index contributed by atoms with van der Waals surface area (Å²) in [5.41, 5.74) is 7.22. The molecule has 37 heavy (non-hydrogen) atoms. The Kier molecular flexibility index (Phi) is 7.79. The molecule has 2 amide bonds. The van der Waals surface area contributed by atoms with E-state index in [-0.39, 0.29) is 17.9 Å². The molecule has 12 heteroatoms. The minimum atomic E-state index is -0.895. The number of carbonyl (C=O) groups is 2. The number of nitrogens with two attached hydrogens (primary N) is 1. The van der Waals surface area contributed by atoms with E-state index in [2.05, 4.69) is 15.3 Å². The minimum absolute atomic E-state index is 0.0409. The van der Waals surface area contributed by atoms with Gasteiger partial charge in [-0.3, -0.25) is 4.79 Å². The van der Waals surface area contributed by atoms with E-state index in [1.54, 1.807) is 26.4 Å². The second kappa shape index (κ2) is 10.9. The van der Waals surface area contributed by atoms with Crippen molar-refractivity contribution in [3.8, 4) is 22.6 Å². The third-order valence-corrected chi connectivity index (χ3v) is 7.07. The first-order valence-corrected chi connectivity index (χ1v) is 12.2. The van der Waals surface area contributed by atoms with Crippen molar-refractivity contribution < 1.29 is 23.8 Å². The molecule has 3 aromatic rings. The maximum absolute atomic E-state index is 12.5. The number of nitrogens with zero attached hydrogens (tertiary/aromatic N) is 3. The van der Waals surface area contributed by atoms with Crippen LogP contribution in [0.4, 0.5) is 10.7 Å². The highest BCUT2D eigenvalue weighted by Crippen LogP contribution is 2.46. The van der Waals surface area contributed by atoms with Crippen molar-refractivity contribution in [3.05, 3.63) is 40.5 Å². The molecule has 0 aliphatic heterocycles. The van der Waals surface area contributed by atoms with Crippen molar-refractivity contribution in [2.24, 2.45) is 11.7 Å². The zero-order valence-corrected chi connectivity index (χ0v) is 22.3. The van der Waals surface area contributed by atoms with Crippen LogP contribution < -0.4 is 20.5 Å². The van der Waals surface area contributed by atoms with Gasteiger partial charge in [-0.05, 0) is 30.5 Å². The van der Waals surface area contributed by atoms with Crippen LogP contribution in [0, 0.1) is 5.92 Å². The molecular formula is C25H27Cl2N5O5. The van der Waals surface area contributed by atoms with E-state index < -0.39 is 12.2 Å². The first kappa shape index (κ1) is 26.6. The first-order chi connectivity index (χ1) is 17.6. The number of nitrogens with one attached hydrogen (secondary N) is 1. The van der Waals surface area contributed by atoms with Crippen LogP contribution in [0.1, 0.15) is 12.8 Å². The summed E-state index contributed by atoms with van der Waals surface area (Å²) in [4.78, 5) is 34.5. The fourth-order valence-corrected chi connectivity index (χ4v) is 5.28. The molecule has 1 fully saturated rings. The number of amides is 2. The highest BCUT2D eigenvalue weighted by Gasteiger charge is 2.41. The number of fused-ring (bicyclic) bond motifs is 1. The monoisotopic (exact) mass is 547 g/mol. The lowest BCUT2D eigenvalue weighted by atomic mass is 10.0. The molecule has 1 aliphatic rings. The Morgan fingerprint density at radius 3 is 2.35 bits per heavy atom. The van der Waals surface area contributed by atoms with Gasteiger partial charge in [0, 0.05) is 43.2 Å². The predicted molar refractivity (Wildman–Crippen MR) is 141 cm³/mol. The van der Waals surface area contributed by atoms with Gasteiger partial charge in [0.1, 0.15) is 17.6 Å². The van der Waals surface area contributed by atoms with Crippen LogP contribution in [0.3, 0.4) is 0 Å². The lowest BCUT2D eigenvalue weighted by molar-refractivity contribution is -0.132. The van der Waals surface area contributed by atoms with Crippen LogP contribution in [0.15, 0.2) is 30.5 Å². The van der Waals surface area contributed by atoms with Crippen molar-refractivity contribution in [1.29, 1.82) is 0 Å². The van der Waals surface area contributed by atoms with Gasteiger partial charge in [-0.15, -0.1) is 0 Å². The van der Waals surface area contributed by atoms with Crippen LogP contribution in [-0.2, 0) is 9.53 Å². The molecule has 10 nitrogen and oxygen atoms in total. The van der Waals surface area contributed by atoms with Gasteiger partial charge in [0.05, 0.1) is 35.8 Å². The van der Waals surface area contributed by atoms with E-state index in [1.807, 2.05) is 18.2 Å². The number of methoxy groups -OCH3 is 2. The third-order valence-electron chi connectivity index (χ3n) is 6.32. The summed E-state index contributed by atoms with van der Waals surface area (Å²) in [5.74, 6) is 0.851. The molecule has 3 N–H and O–H groups in total. The summed E-state index contributed by atoms with van der Waals surface area (Å²) >= 11 is 13.1. The summed E-state index contributed by atoms with van der Waals surface area (Å²) < 4.78 is 16.0. The quantitative estimate of drug-likeness (QED) is 0.446. The molecule has 0 bridgehead atoms. The molecule has 0 saturated heterocycles. The Balaban J connectivity index is 1.63. The molecule has 3 atom stereocenters. The maximum atomic E-state index is 12.5. The van der Waals surface area contributed by atoms with Gasteiger partial charge in [0.15, 0.2) is 0 Å². The van der Waals surface area contributed by atoms with E-state index in [4.69, 9.17) is 43.1 Å². The molecule has 0 radical (unpaired) electrons. The van der Waals surface area contributed by atoms with Crippen LogP contribution in [0.5, 0.6) is 11.5 Å². The normalized spacial score (nSPS) is 18.9. The van der Waals surface area contributed by atoms with E-state index in [0.717, 1.165) is 10.9 Å². The van der Waals surface area contributed by atoms with Crippen LogP contribution in [0.25, 0.3) is 22.0 Å². The van der Waals surface area contributed by atoms with Gasteiger partial charge in [0.25, 0.3) is 0 Å². The largest absolute Gasteiger partial charge is 0.495 e. The number of rotatable bonds is 7. The van der Waals surface area contributed by atoms with Crippen molar-refractivity contribution >= 4 is 52.1 Å². The summed E-state index contributed by atoms with van der Waals surface area (Å²) in [6, 6.07) is 6.78. The van der Waals surface area contributed by atoms with Gasteiger partial charge in [0.2, 0.25) is 11.9 Å². The zero-order chi connectivity index (χ0) is 26.9. The molecule has 0 unspecified atom stereocenters. The molecule has 1 heterocycles. The topological polar surface area (TPSA) is 129 Å². The molecule has 0 spiro atoms. The molecular weight excluding hydrogens is 521 g/mol. The van der Waals surface area contributed by atoms with E-state index >= 15 is 0 Å². The number of primary amides is 1.